The molecule has 3 nitrogen and oxygen atoms in total. The predicted octanol–water partition coefficient (Wildman–Crippen LogP) is 4.70. The minimum atomic E-state index is -0.441. The van der Waals surface area contributed by atoms with Crippen LogP contribution in [0.3, 0.4) is 0 Å². The molecule has 0 saturated carbocycles. The number of ether oxygens (including phenoxy) is 1. The van der Waals surface area contributed by atoms with Crippen molar-refractivity contribution in [3.8, 4) is 0 Å². The highest BCUT2D eigenvalue weighted by atomic mass is 16.5. The maximum Gasteiger partial charge on any atom is 0.255 e. The van der Waals surface area contributed by atoms with Gasteiger partial charge in [-0.1, -0.05) is 103 Å². The summed E-state index contributed by atoms with van der Waals surface area (Å²) >= 11 is 0. The Bertz CT molecular complexity index is 923. The van der Waals surface area contributed by atoms with E-state index in [-0.39, 0.29) is 11.9 Å². The molecule has 0 aromatic heterocycles. The zero-order valence-corrected chi connectivity index (χ0v) is 15.6. The minimum Gasteiger partial charge on any atom is -0.361 e. The van der Waals surface area contributed by atoms with Crippen LogP contribution in [0, 0.1) is 0 Å². The molecule has 3 aromatic carbocycles. The number of nitrogens with zero attached hydrogens (tertiary/aromatic N) is 1. The van der Waals surface area contributed by atoms with Crippen LogP contribution in [0.5, 0.6) is 0 Å². The molecule has 1 fully saturated rings. The summed E-state index contributed by atoms with van der Waals surface area (Å²) in [6.45, 7) is 1.03. The number of rotatable bonds is 7. The second-order valence-corrected chi connectivity index (χ2v) is 6.93. The normalized spacial score (nSPS) is 19.0. The third kappa shape index (κ3) is 4.21. The quantitative estimate of drug-likeness (QED) is 0.565. The molecule has 1 aliphatic rings. The molecule has 0 aliphatic carbocycles. The Morgan fingerprint density at radius 3 is 2.00 bits per heavy atom. The SMILES string of the molecule is O=C1[C@H](OCc2ccccc2)[C@H](/C=C/c2ccccc2)N1Cc1ccccc1. The molecule has 4 rings (SSSR count). The molecule has 0 unspecified atom stereocenters. The lowest BCUT2D eigenvalue weighted by Gasteiger charge is -2.45. The van der Waals surface area contributed by atoms with Gasteiger partial charge in [-0.05, 0) is 16.7 Å². The summed E-state index contributed by atoms with van der Waals surface area (Å²) in [5.74, 6) is 0.0440. The second kappa shape index (κ2) is 8.68. The largest absolute Gasteiger partial charge is 0.361 e. The van der Waals surface area contributed by atoms with Crippen molar-refractivity contribution in [2.45, 2.75) is 25.3 Å². The summed E-state index contributed by atoms with van der Waals surface area (Å²) in [5, 5.41) is 0. The Hall–Kier alpha value is -3.17. The Kier molecular flexibility index (Phi) is 5.64. The fourth-order valence-electron chi connectivity index (χ4n) is 3.41. The van der Waals surface area contributed by atoms with Crippen molar-refractivity contribution >= 4 is 12.0 Å². The van der Waals surface area contributed by atoms with Crippen molar-refractivity contribution in [3.63, 3.8) is 0 Å². The highest BCUT2D eigenvalue weighted by Gasteiger charge is 2.46. The molecule has 0 bridgehead atoms. The summed E-state index contributed by atoms with van der Waals surface area (Å²) < 4.78 is 6.00. The molecule has 0 spiro atoms. The number of hydrogen-bond donors (Lipinski definition) is 0. The highest BCUT2D eigenvalue weighted by Crippen LogP contribution is 2.28. The van der Waals surface area contributed by atoms with E-state index in [1.165, 1.54) is 0 Å². The van der Waals surface area contributed by atoms with Gasteiger partial charge < -0.3 is 9.64 Å². The molecule has 28 heavy (non-hydrogen) atoms. The average molecular weight is 369 g/mol. The van der Waals surface area contributed by atoms with Gasteiger partial charge in [0.05, 0.1) is 12.6 Å². The first-order chi connectivity index (χ1) is 13.8. The summed E-state index contributed by atoms with van der Waals surface area (Å²) in [6.07, 6.45) is 3.70. The van der Waals surface area contributed by atoms with Crippen LogP contribution in [-0.4, -0.2) is 23.0 Å². The first-order valence-corrected chi connectivity index (χ1v) is 9.54. The Labute approximate surface area is 165 Å². The number of likely N-dealkylation sites (tertiary alicyclic amines) is 1. The van der Waals surface area contributed by atoms with Crippen LogP contribution < -0.4 is 0 Å². The number of benzene rings is 3. The summed E-state index contributed by atoms with van der Waals surface area (Å²) in [6, 6.07) is 30.1. The monoisotopic (exact) mass is 369 g/mol. The third-order valence-electron chi connectivity index (χ3n) is 4.95. The van der Waals surface area contributed by atoms with Crippen LogP contribution in [-0.2, 0) is 22.7 Å². The predicted molar refractivity (Wildman–Crippen MR) is 111 cm³/mol. The number of amides is 1. The maximum absolute atomic E-state index is 12.8. The van der Waals surface area contributed by atoms with Crippen molar-refractivity contribution in [2.75, 3.05) is 0 Å². The lowest BCUT2D eigenvalue weighted by molar-refractivity contribution is -0.172. The van der Waals surface area contributed by atoms with Crippen LogP contribution in [0.4, 0.5) is 0 Å². The van der Waals surface area contributed by atoms with Gasteiger partial charge in [0.2, 0.25) is 0 Å². The van der Waals surface area contributed by atoms with Gasteiger partial charge in [-0.3, -0.25) is 4.79 Å². The smallest absolute Gasteiger partial charge is 0.255 e. The Balaban J connectivity index is 1.49. The van der Waals surface area contributed by atoms with Crippen molar-refractivity contribution in [2.24, 2.45) is 0 Å². The maximum atomic E-state index is 12.8. The lowest BCUT2D eigenvalue weighted by atomic mass is 9.95. The van der Waals surface area contributed by atoms with E-state index in [4.69, 9.17) is 4.74 Å². The molecule has 0 radical (unpaired) electrons. The van der Waals surface area contributed by atoms with Gasteiger partial charge in [0, 0.05) is 6.54 Å². The van der Waals surface area contributed by atoms with Gasteiger partial charge in [-0.2, -0.15) is 0 Å². The van der Waals surface area contributed by atoms with E-state index >= 15 is 0 Å². The summed E-state index contributed by atoms with van der Waals surface area (Å²) in [5.41, 5.74) is 3.31. The lowest BCUT2D eigenvalue weighted by Crippen LogP contribution is -2.64. The Morgan fingerprint density at radius 2 is 1.36 bits per heavy atom. The molecule has 1 amide bonds. The molecule has 1 aliphatic heterocycles. The average Bonchev–Trinajstić information content (AvgIpc) is 2.76. The van der Waals surface area contributed by atoms with Crippen LogP contribution >= 0.6 is 0 Å². The number of hydrogen-bond acceptors (Lipinski definition) is 2. The van der Waals surface area contributed by atoms with Crippen molar-refractivity contribution in [1.82, 2.24) is 4.90 Å². The number of carbonyl (C=O) groups is 1. The van der Waals surface area contributed by atoms with Crippen LogP contribution in [0.15, 0.2) is 97.1 Å². The summed E-state index contributed by atoms with van der Waals surface area (Å²) in [4.78, 5) is 14.7. The molecule has 140 valence electrons. The van der Waals surface area contributed by atoms with Gasteiger partial charge in [0.1, 0.15) is 0 Å². The first-order valence-electron chi connectivity index (χ1n) is 9.54. The van der Waals surface area contributed by atoms with Crippen LogP contribution in [0.25, 0.3) is 6.08 Å². The van der Waals surface area contributed by atoms with Gasteiger partial charge >= 0.3 is 0 Å². The van der Waals surface area contributed by atoms with Gasteiger partial charge in [-0.15, -0.1) is 0 Å². The van der Waals surface area contributed by atoms with Crippen molar-refractivity contribution in [1.29, 1.82) is 0 Å². The molecular formula is C25H23NO2. The van der Waals surface area contributed by atoms with Crippen LogP contribution in [0.1, 0.15) is 16.7 Å². The van der Waals surface area contributed by atoms with E-state index < -0.39 is 6.10 Å². The molecule has 3 aromatic rings. The fraction of sp³-hybridized carbons (Fsp3) is 0.160. The first kappa shape index (κ1) is 18.2. The topological polar surface area (TPSA) is 29.5 Å². The Morgan fingerprint density at radius 1 is 0.786 bits per heavy atom. The minimum absolute atomic E-state index is 0.0440. The molecule has 3 heteroatoms. The van der Waals surface area contributed by atoms with Crippen molar-refractivity contribution in [3.05, 3.63) is 114 Å². The number of carbonyl (C=O) groups excluding carboxylic acids is 1. The second-order valence-electron chi connectivity index (χ2n) is 6.93. The van der Waals surface area contributed by atoms with Gasteiger partial charge in [-0.25, -0.2) is 0 Å². The standard InChI is InChI=1S/C25H23NO2/c27-25-24(28-19-22-14-8-3-9-15-22)23(17-16-20-10-4-1-5-11-20)26(25)18-21-12-6-2-7-13-21/h1-17,23-24H,18-19H2/b17-16+/t23-,24+/m0/s1. The van der Waals surface area contributed by atoms with E-state index in [2.05, 4.69) is 24.3 Å². The van der Waals surface area contributed by atoms with E-state index in [0.29, 0.717) is 13.2 Å². The zero-order valence-electron chi connectivity index (χ0n) is 15.6. The van der Waals surface area contributed by atoms with E-state index in [1.54, 1.807) is 0 Å². The van der Waals surface area contributed by atoms with Crippen molar-refractivity contribution < 1.29 is 9.53 Å². The van der Waals surface area contributed by atoms with Crippen LogP contribution in [0.2, 0.25) is 0 Å². The molecule has 1 saturated heterocycles. The van der Waals surface area contributed by atoms with E-state index in [0.717, 1.165) is 16.7 Å². The molecular weight excluding hydrogens is 346 g/mol. The molecule has 0 N–H and O–H groups in total. The highest BCUT2D eigenvalue weighted by molar-refractivity contribution is 5.89. The van der Waals surface area contributed by atoms with Gasteiger partial charge in [0.25, 0.3) is 5.91 Å². The molecule has 2 atom stereocenters. The van der Waals surface area contributed by atoms with E-state index in [9.17, 15) is 4.79 Å². The van der Waals surface area contributed by atoms with Gasteiger partial charge in [0.15, 0.2) is 6.10 Å². The fourth-order valence-corrected chi connectivity index (χ4v) is 3.41. The molecule has 1 heterocycles. The zero-order chi connectivity index (χ0) is 19.2. The third-order valence-corrected chi connectivity index (χ3v) is 4.95. The van der Waals surface area contributed by atoms with E-state index in [1.807, 2.05) is 83.8 Å². The number of β-lactam (4-membered cyclic amide) rings is 1. The summed E-state index contributed by atoms with van der Waals surface area (Å²) in [7, 11) is 0.